The van der Waals surface area contributed by atoms with Crippen LogP contribution in [0.15, 0.2) is 24.3 Å². The van der Waals surface area contributed by atoms with Gasteiger partial charge in [-0.25, -0.2) is 0 Å². The number of amides is 1. The number of anilines is 1. The van der Waals surface area contributed by atoms with Gasteiger partial charge >= 0.3 is 0 Å². The molecule has 7 heteroatoms. The van der Waals surface area contributed by atoms with Gasteiger partial charge in [-0.15, -0.1) is 0 Å². The van der Waals surface area contributed by atoms with Crippen LogP contribution in [0, 0.1) is 18.6 Å². The van der Waals surface area contributed by atoms with E-state index >= 15 is 0 Å². The van der Waals surface area contributed by atoms with Crippen molar-refractivity contribution in [3.05, 3.63) is 40.4 Å². The summed E-state index contributed by atoms with van der Waals surface area (Å²) < 4.78 is 10.8. The number of benzene rings is 1. The van der Waals surface area contributed by atoms with Crippen LogP contribution in [-0.2, 0) is 11.5 Å². The number of aromatic nitrogens is 2. The van der Waals surface area contributed by atoms with E-state index in [9.17, 15) is 4.79 Å². The molecule has 1 heterocycles. The van der Waals surface area contributed by atoms with Gasteiger partial charge in [-0.1, -0.05) is 31.9 Å². The number of nitrogens with zero attached hydrogens (tertiary/aromatic N) is 2. The Morgan fingerprint density at radius 1 is 1.23 bits per heavy atom. The number of methoxy groups -OCH3 is 1. The molecule has 1 aromatic carbocycles. The van der Waals surface area contributed by atoms with Crippen molar-refractivity contribution in [2.24, 2.45) is 0 Å². The fourth-order valence-corrected chi connectivity index (χ4v) is 5.02. The third-order valence-corrected chi connectivity index (χ3v) is 6.61. The van der Waals surface area contributed by atoms with Crippen LogP contribution >= 0.6 is 12.2 Å². The Morgan fingerprint density at radius 2 is 1.93 bits per heavy atom. The second kappa shape index (κ2) is 10.3. The molecule has 1 fully saturated rings. The number of quaternary nitrogens is 1. The largest absolute Gasteiger partial charge is 0.495 e. The zero-order valence-corrected chi connectivity index (χ0v) is 19.5. The second-order valence-electron chi connectivity index (χ2n) is 8.27. The fourth-order valence-electron chi connectivity index (χ4n) is 4.54. The molecule has 1 aliphatic carbocycles. The number of hydrogen-bond donors (Lipinski definition) is 2. The molecule has 30 heavy (non-hydrogen) atoms. The van der Waals surface area contributed by atoms with Gasteiger partial charge in [0.15, 0.2) is 18.0 Å². The molecule has 1 saturated carbocycles. The molecule has 0 aliphatic heterocycles. The maximum atomic E-state index is 12.8. The van der Waals surface area contributed by atoms with Gasteiger partial charge in [-0.3, -0.25) is 9.36 Å². The maximum absolute atomic E-state index is 12.8. The van der Waals surface area contributed by atoms with Gasteiger partial charge in [-0.05, 0) is 57.5 Å². The molecule has 164 valence electrons. The first-order chi connectivity index (χ1) is 14.5. The Labute approximate surface area is 184 Å². The summed E-state index contributed by atoms with van der Waals surface area (Å²) in [7, 11) is 1.61. The zero-order chi connectivity index (χ0) is 21.7. The SMILES string of the molecule is CCC[NH+](CC(=O)Nc1ccccc1OC)Cn1c(C)c(C)n(C2CCCC2)c1=S. The Balaban J connectivity index is 1.75. The molecule has 2 aromatic rings. The summed E-state index contributed by atoms with van der Waals surface area (Å²) in [5.74, 6) is 0.657. The first-order valence-corrected chi connectivity index (χ1v) is 11.4. The number of rotatable bonds is 9. The lowest BCUT2D eigenvalue weighted by molar-refractivity contribution is -0.915. The van der Waals surface area contributed by atoms with Gasteiger partial charge in [0.05, 0.1) is 19.3 Å². The highest BCUT2D eigenvalue weighted by Crippen LogP contribution is 2.32. The summed E-state index contributed by atoms with van der Waals surface area (Å²) in [6.07, 6.45) is 6.00. The van der Waals surface area contributed by atoms with E-state index in [2.05, 4.69) is 35.2 Å². The first-order valence-electron chi connectivity index (χ1n) is 11.0. The van der Waals surface area contributed by atoms with Gasteiger partial charge in [-0.2, -0.15) is 0 Å². The van der Waals surface area contributed by atoms with E-state index in [1.807, 2.05) is 24.3 Å². The normalized spacial score (nSPS) is 15.3. The van der Waals surface area contributed by atoms with E-state index in [0.29, 0.717) is 30.7 Å². The molecule has 1 atom stereocenters. The molecule has 1 aromatic heterocycles. The van der Waals surface area contributed by atoms with Crippen LogP contribution in [0.4, 0.5) is 5.69 Å². The van der Waals surface area contributed by atoms with Gasteiger partial charge in [0.2, 0.25) is 0 Å². The van der Waals surface area contributed by atoms with E-state index in [4.69, 9.17) is 17.0 Å². The average molecular weight is 432 g/mol. The number of hydrogen-bond acceptors (Lipinski definition) is 3. The molecule has 2 N–H and O–H groups in total. The van der Waals surface area contributed by atoms with Crippen LogP contribution in [0.3, 0.4) is 0 Å². The maximum Gasteiger partial charge on any atom is 0.279 e. The molecular weight excluding hydrogens is 396 g/mol. The van der Waals surface area contributed by atoms with Crippen molar-refractivity contribution in [1.29, 1.82) is 0 Å². The number of carbonyl (C=O) groups is 1. The van der Waals surface area contributed by atoms with Crippen LogP contribution in [0.1, 0.15) is 56.5 Å². The highest BCUT2D eigenvalue weighted by Gasteiger charge is 2.24. The Kier molecular flexibility index (Phi) is 7.72. The quantitative estimate of drug-likeness (QED) is 0.596. The molecule has 6 nitrogen and oxygen atoms in total. The predicted molar refractivity (Wildman–Crippen MR) is 123 cm³/mol. The van der Waals surface area contributed by atoms with Gasteiger partial charge in [0, 0.05) is 17.4 Å². The van der Waals surface area contributed by atoms with Gasteiger partial charge < -0.3 is 19.5 Å². The van der Waals surface area contributed by atoms with Crippen molar-refractivity contribution in [2.75, 3.05) is 25.5 Å². The molecule has 1 aliphatic rings. The molecule has 0 saturated heterocycles. The molecule has 0 bridgehead atoms. The Morgan fingerprint density at radius 3 is 2.60 bits per heavy atom. The van der Waals surface area contributed by atoms with Crippen molar-refractivity contribution in [3.8, 4) is 5.75 Å². The molecule has 3 rings (SSSR count). The minimum atomic E-state index is -0.0148. The van der Waals surface area contributed by atoms with E-state index in [1.54, 1.807) is 7.11 Å². The van der Waals surface area contributed by atoms with Crippen LogP contribution in [0.2, 0.25) is 0 Å². The van der Waals surface area contributed by atoms with Crippen molar-refractivity contribution < 1.29 is 14.4 Å². The molecule has 1 amide bonds. The van der Waals surface area contributed by atoms with E-state index in [1.165, 1.54) is 42.0 Å². The van der Waals surface area contributed by atoms with Gasteiger partial charge in [0.1, 0.15) is 5.75 Å². The molecule has 0 spiro atoms. The van der Waals surface area contributed by atoms with Crippen molar-refractivity contribution >= 4 is 23.8 Å². The van der Waals surface area contributed by atoms with E-state index in [-0.39, 0.29) is 5.91 Å². The monoisotopic (exact) mass is 431 g/mol. The smallest absolute Gasteiger partial charge is 0.279 e. The van der Waals surface area contributed by atoms with Crippen LogP contribution in [0.5, 0.6) is 5.75 Å². The van der Waals surface area contributed by atoms with Crippen LogP contribution in [-0.4, -0.2) is 35.2 Å². The minimum absolute atomic E-state index is 0.0148. The number of nitrogens with one attached hydrogen (secondary N) is 2. The topological polar surface area (TPSA) is 52.6 Å². The number of ether oxygens (including phenoxy) is 1. The second-order valence-corrected chi connectivity index (χ2v) is 8.64. The lowest BCUT2D eigenvalue weighted by Crippen LogP contribution is -3.12. The van der Waals surface area contributed by atoms with Gasteiger partial charge in [0.25, 0.3) is 5.91 Å². The molecule has 0 radical (unpaired) electrons. The summed E-state index contributed by atoms with van der Waals surface area (Å²) in [5, 5.41) is 3.00. The lowest BCUT2D eigenvalue weighted by Gasteiger charge is -2.20. The molecule has 1 unspecified atom stereocenters. The Bertz CT molecular complexity index is 928. The molecular formula is C23H35N4O2S+. The number of para-hydroxylation sites is 2. The third-order valence-electron chi connectivity index (χ3n) is 6.19. The third kappa shape index (κ3) is 4.95. The summed E-state index contributed by atoms with van der Waals surface area (Å²) in [5.41, 5.74) is 3.18. The predicted octanol–water partition coefficient (Wildman–Crippen LogP) is 3.65. The summed E-state index contributed by atoms with van der Waals surface area (Å²) in [6.45, 7) is 8.48. The number of carbonyl (C=O) groups excluding carboxylic acids is 1. The lowest BCUT2D eigenvalue weighted by atomic mass is 10.2. The summed E-state index contributed by atoms with van der Waals surface area (Å²) in [6, 6.07) is 8.03. The van der Waals surface area contributed by atoms with Crippen molar-refractivity contribution in [3.63, 3.8) is 0 Å². The van der Waals surface area contributed by atoms with E-state index < -0.39 is 0 Å². The van der Waals surface area contributed by atoms with Crippen LogP contribution < -0.4 is 15.0 Å². The summed E-state index contributed by atoms with van der Waals surface area (Å²) >= 11 is 5.89. The zero-order valence-electron chi connectivity index (χ0n) is 18.7. The standard InChI is InChI=1S/C23H34N4O2S/c1-5-14-25(15-22(28)24-20-12-8-9-13-21(20)29-4)16-26-17(2)18(3)27(23(26)30)19-10-6-7-11-19/h8-9,12-13,19H,5-7,10-11,14-16H2,1-4H3,(H,24,28)/p+1. The van der Waals surface area contributed by atoms with Crippen LogP contribution in [0.25, 0.3) is 0 Å². The Hall–Kier alpha value is -2.12. The highest BCUT2D eigenvalue weighted by atomic mass is 32.1. The highest BCUT2D eigenvalue weighted by molar-refractivity contribution is 7.71. The summed E-state index contributed by atoms with van der Waals surface area (Å²) in [4.78, 5) is 14.0. The van der Waals surface area contributed by atoms with Crippen molar-refractivity contribution in [2.45, 2.75) is 65.6 Å². The average Bonchev–Trinajstić information content (AvgIpc) is 3.32. The fraction of sp³-hybridized carbons (Fsp3) is 0.565. The minimum Gasteiger partial charge on any atom is -0.495 e. The van der Waals surface area contributed by atoms with E-state index in [0.717, 1.165) is 17.7 Å². The van der Waals surface area contributed by atoms with Crippen molar-refractivity contribution in [1.82, 2.24) is 9.13 Å². The number of imidazole rings is 1. The first kappa shape index (κ1) is 22.6.